The molecule has 3 rings (SSSR count). The van der Waals surface area contributed by atoms with Crippen LogP contribution in [0.1, 0.15) is 33.3 Å². The summed E-state index contributed by atoms with van der Waals surface area (Å²) in [6, 6.07) is 9.65. The molecule has 2 heterocycles. The van der Waals surface area contributed by atoms with Crippen LogP contribution in [0.2, 0.25) is 0 Å². The molecule has 2 saturated heterocycles. The molecule has 0 spiro atoms. The van der Waals surface area contributed by atoms with Gasteiger partial charge in [-0.25, -0.2) is 0 Å². The standard InChI is InChI=1S/C20H30O7/c1-19(2)24-12-15(25-19)18-16(22)17(26-20(3,4)27-18)14(10-21)23-11-13-8-6-5-7-9-13/h5-9,14-18,21-22H,10-12H2,1-4H3/t14-,15+,16+,17-,18+/m0/s1. The van der Waals surface area contributed by atoms with Gasteiger partial charge in [0.25, 0.3) is 0 Å². The Kier molecular flexibility index (Phi) is 6.22. The van der Waals surface area contributed by atoms with E-state index in [1.165, 1.54) is 0 Å². The Hall–Kier alpha value is -1.06. The molecule has 0 radical (unpaired) electrons. The van der Waals surface area contributed by atoms with Crippen LogP contribution in [-0.2, 0) is 30.3 Å². The summed E-state index contributed by atoms with van der Waals surface area (Å²) in [6.07, 6.45) is -3.60. The molecule has 0 aromatic heterocycles. The van der Waals surface area contributed by atoms with Crippen LogP contribution in [-0.4, -0.2) is 65.5 Å². The van der Waals surface area contributed by atoms with Gasteiger partial charge in [0.05, 0.1) is 19.8 Å². The zero-order valence-electron chi connectivity index (χ0n) is 16.3. The van der Waals surface area contributed by atoms with Gasteiger partial charge in [-0.05, 0) is 33.3 Å². The van der Waals surface area contributed by atoms with E-state index in [4.69, 9.17) is 23.7 Å². The van der Waals surface area contributed by atoms with E-state index in [0.717, 1.165) is 5.56 Å². The first-order valence-electron chi connectivity index (χ1n) is 9.33. The second-order valence-electron chi connectivity index (χ2n) is 7.94. The molecule has 2 aliphatic rings. The maximum Gasteiger partial charge on any atom is 0.164 e. The van der Waals surface area contributed by atoms with Gasteiger partial charge < -0.3 is 33.9 Å². The van der Waals surface area contributed by atoms with Gasteiger partial charge in [0, 0.05) is 0 Å². The van der Waals surface area contributed by atoms with E-state index in [1.807, 2.05) is 44.2 Å². The average Bonchev–Trinajstić information content (AvgIpc) is 2.98. The van der Waals surface area contributed by atoms with Crippen LogP contribution in [0.5, 0.6) is 0 Å². The van der Waals surface area contributed by atoms with Crippen molar-refractivity contribution >= 4 is 0 Å². The predicted molar refractivity (Wildman–Crippen MR) is 96.8 cm³/mol. The fraction of sp³-hybridized carbons (Fsp3) is 0.700. The van der Waals surface area contributed by atoms with Crippen LogP contribution < -0.4 is 0 Å². The quantitative estimate of drug-likeness (QED) is 0.773. The topological polar surface area (TPSA) is 86.6 Å². The van der Waals surface area contributed by atoms with E-state index in [1.54, 1.807) is 13.8 Å². The number of rotatable bonds is 6. The van der Waals surface area contributed by atoms with Crippen LogP contribution >= 0.6 is 0 Å². The average molecular weight is 382 g/mol. The molecule has 7 heteroatoms. The molecule has 5 atom stereocenters. The molecule has 0 bridgehead atoms. The lowest BCUT2D eigenvalue weighted by Gasteiger charge is -2.47. The Balaban J connectivity index is 1.71. The summed E-state index contributed by atoms with van der Waals surface area (Å²) in [5.41, 5.74) is 0.975. The summed E-state index contributed by atoms with van der Waals surface area (Å²) in [6.45, 7) is 7.51. The number of ether oxygens (including phenoxy) is 5. The lowest BCUT2D eigenvalue weighted by Crippen LogP contribution is -2.62. The van der Waals surface area contributed by atoms with Crippen molar-refractivity contribution in [2.24, 2.45) is 0 Å². The molecular formula is C20H30O7. The summed E-state index contributed by atoms with van der Waals surface area (Å²) in [4.78, 5) is 0. The molecule has 27 heavy (non-hydrogen) atoms. The van der Waals surface area contributed by atoms with E-state index in [-0.39, 0.29) is 6.61 Å². The Morgan fingerprint density at radius 3 is 2.37 bits per heavy atom. The minimum absolute atomic E-state index is 0.287. The smallest absolute Gasteiger partial charge is 0.164 e. The van der Waals surface area contributed by atoms with E-state index in [2.05, 4.69) is 0 Å². The van der Waals surface area contributed by atoms with Crippen LogP contribution in [0, 0.1) is 0 Å². The van der Waals surface area contributed by atoms with Crippen molar-refractivity contribution in [2.45, 2.75) is 76.4 Å². The maximum absolute atomic E-state index is 10.9. The maximum atomic E-state index is 10.9. The number of aliphatic hydroxyl groups excluding tert-OH is 2. The van der Waals surface area contributed by atoms with Crippen molar-refractivity contribution in [1.29, 1.82) is 0 Å². The monoisotopic (exact) mass is 382 g/mol. The van der Waals surface area contributed by atoms with Crippen molar-refractivity contribution in [1.82, 2.24) is 0 Å². The van der Waals surface area contributed by atoms with Crippen LogP contribution in [0.15, 0.2) is 30.3 Å². The molecular weight excluding hydrogens is 352 g/mol. The highest BCUT2D eigenvalue weighted by Crippen LogP contribution is 2.35. The van der Waals surface area contributed by atoms with E-state index < -0.39 is 42.1 Å². The van der Waals surface area contributed by atoms with Gasteiger partial charge in [-0.2, -0.15) is 0 Å². The lowest BCUT2D eigenvalue weighted by atomic mass is 9.96. The summed E-state index contributed by atoms with van der Waals surface area (Å²) in [7, 11) is 0. The summed E-state index contributed by atoms with van der Waals surface area (Å²) >= 11 is 0. The van der Waals surface area contributed by atoms with Crippen molar-refractivity contribution in [3.63, 3.8) is 0 Å². The summed E-state index contributed by atoms with van der Waals surface area (Å²) in [5.74, 6) is -1.69. The van der Waals surface area contributed by atoms with E-state index in [0.29, 0.717) is 13.2 Å². The third-order valence-electron chi connectivity index (χ3n) is 4.76. The van der Waals surface area contributed by atoms with Gasteiger partial charge in [0.2, 0.25) is 0 Å². The molecule has 2 N–H and O–H groups in total. The molecule has 2 fully saturated rings. The minimum Gasteiger partial charge on any atom is -0.394 e. The van der Waals surface area contributed by atoms with Crippen LogP contribution in [0.3, 0.4) is 0 Å². The first kappa shape index (κ1) is 20.7. The number of aliphatic hydroxyl groups is 2. The highest BCUT2D eigenvalue weighted by molar-refractivity contribution is 5.13. The lowest BCUT2D eigenvalue weighted by molar-refractivity contribution is -0.361. The van der Waals surface area contributed by atoms with Crippen molar-refractivity contribution in [3.05, 3.63) is 35.9 Å². The Morgan fingerprint density at radius 2 is 1.78 bits per heavy atom. The Bertz CT molecular complexity index is 604. The van der Waals surface area contributed by atoms with E-state index >= 15 is 0 Å². The number of hydrogen-bond donors (Lipinski definition) is 2. The van der Waals surface area contributed by atoms with Gasteiger partial charge in [-0.1, -0.05) is 30.3 Å². The van der Waals surface area contributed by atoms with Crippen LogP contribution in [0.4, 0.5) is 0 Å². The predicted octanol–water partition coefficient (Wildman–Crippen LogP) is 1.60. The highest BCUT2D eigenvalue weighted by atomic mass is 16.8. The fourth-order valence-corrected chi connectivity index (χ4v) is 3.51. The molecule has 0 unspecified atom stereocenters. The normalized spacial score (nSPS) is 33.7. The number of hydrogen-bond acceptors (Lipinski definition) is 7. The molecule has 1 aromatic carbocycles. The Morgan fingerprint density at radius 1 is 1.07 bits per heavy atom. The van der Waals surface area contributed by atoms with Gasteiger partial charge in [-0.3, -0.25) is 0 Å². The zero-order valence-corrected chi connectivity index (χ0v) is 16.3. The minimum atomic E-state index is -1.03. The van der Waals surface area contributed by atoms with Crippen molar-refractivity contribution in [2.75, 3.05) is 13.2 Å². The third kappa shape index (κ3) is 5.06. The largest absolute Gasteiger partial charge is 0.394 e. The first-order chi connectivity index (χ1) is 12.7. The fourth-order valence-electron chi connectivity index (χ4n) is 3.51. The second-order valence-corrected chi connectivity index (χ2v) is 7.94. The molecule has 0 saturated carbocycles. The van der Waals surface area contributed by atoms with Crippen molar-refractivity contribution < 1.29 is 33.9 Å². The zero-order chi connectivity index (χ0) is 19.7. The molecule has 0 amide bonds. The van der Waals surface area contributed by atoms with Gasteiger partial charge in [-0.15, -0.1) is 0 Å². The van der Waals surface area contributed by atoms with Gasteiger partial charge >= 0.3 is 0 Å². The SMILES string of the molecule is CC1(C)O[C@@H]([C@H](CO)OCc2ccccc2)[C@@H](O)[C@@H]([C@H]2COC(C)(C)O2)O1. The van der Waals surface area contributed by atoms with Gasteiger partial charge in [0.15, 0.2) is 11.6 Å². The summed E-state index contributed by atoms with van der Waals surface area (Å²) < 4.78 is 29.2. The van der Waals surface area contributed by atoms with Crippen molar-refractivity contribution in [3.8, 4) is 0 Å². The number of benzene rings is 1. The first-order valence-corrected chi connectivity index (χ1v) is 9.33. The van der Waals surface area contributed by atoms with Gasteiger partial charge in [0.1, 0.15) is 30.5 Å². The summed E-state index contributed by atoms with van der Waals surface area (Å²) in [5, 5.41) is 20.8. The second kappa shape index (κ2) is 8.13. The molecule has 1 aromatic rings. The molecule has 152 valence electrons. The highest BCUT2D eigenvalue weighted by Gasteiger charge is 2.51. The third-order valence-corrected chi connectivity index (χ3v) is 4.76. The molecule has 2 aliphatic heterocycles. The van der Waals surface area contributed by atoms with Crippen LogP contribution in [0.25, 0.3) is 0 Å². The molecule has 7 nitrogen and oxygen atoms in total. The Labute approximate surface area is 160 Å². The molecule has 0 aliphatic carbocycles. The van der Waals surface area contributed by atoms with E-state index in [9.17, 15) is 10.2 Å².